The highest BCUT2D eigenvalue weighted by molar-refractivity contribution is 5.84. The number of carbonyl (C=O) groups excluding carboxylic acids is 1. The summed E-state index contributed by atoms with van der Waals surface area (Å²) in [7, 11) is 0. The molecule has 0 saturated carbocycles. The van der Waals surface area contributed by atoms with Crippen LogP contribution in [0.2, 0.25) is 0 Å². The molecule has 0 saturated heterocycles. The zero-order valence-electron chi connectivity index (χ0n) is 9.77. The molecule has 1 amide bonds. The number of hydrogen-bond donors (Lipinski definition) is 1. The van der Waals surface area contributed by atoms with Gasteiger partial charge in [-0.2, -0.15) is 5.26 Å². The van der Waals surface area contributed by atoms with Crippen LogP contribution in [0.1, 0.15) is 41.0 Å². The molecule has 3 heteroatoms. The monoisotopic (exact) mass is 196 g/mol. The van der Waals surface area contributed by atoms with E-state index in [0.717, 1.165) is 0 Å². The number of amides is 1. The number of nitrogens with zero attached hydrogens (tertiary/aromatic N) is 1. The first-order valence-electron chi connectivity index (χ1n) is 4.95. The Morgan fingerprint density at radius 2 is 1.86 bits per heavy atom. The highest BCUT2D eigenvalue weighted by atomic mass is 16.2. The maximum atomic E-state index is 11.6. The van der Waals surface area contributed by atoms with Crippen LogP contribution in [-0.2, 0) is 4.79 Å². The van der Waals surface area contributed by atoms with E-state index in [4.69, 9.17) is 5.26 Å². The predicted octanol–water partition coefficient (Wildman–Crippen LogP) is 2.09. The van der Waals surface area contributed by atoms with Gasteiger partial charge < -0.3 is 5.32 Å². The molecule has 0 fully saturated rings. The molecule has 1 unspecified atom stereocenters. The number of nitrogens with one attached hydrogen (secondary N) is 1. The van der Waals surface area contributed by atoms with Gasteiger partial charge >= 0.3 is 0 Å². The zero-order chi connectivity index (χ0) is 11.4. The Labute approximate surface area is 86.5 Å². The number of carbonyl (C=O) groups is 1. The minimum absolute atomic E-state index is 0.0553. The molecule has 0 aromatic carbocycles. The van der Waals surface area contributed by atoms with E-state index >= 15 is 0 Å². The fourth-order valence-electron chi connectivity index (χ4n) is 0.831. The Balaban J connectivity index is 4.30. The van der Waals surface area contributed by atoms with Gasteiger partial charge in [0.2, 0.25) is 5.91 Å². The molecule has 0 rings (SSSR count). The smallest absolute Gasteiger partial charge is 0.240 e. The van der Waals surface area contributed by atoms with Crippen LogP contribution in [0.15, 0.2) is 0 Å². The SMILES string of the molecule is CCC(C)(C#N)C(=O)NCC(C)(C)C. The second-order valence-electron chi connectivity index (χ2n) is 5.04. The minimum Gasteiger partial charge on any atom is -0.354 e. The third kappa shape index (κ3) is 3.78. The minimum atomic E-state index is -0.884. The molecule has 0 aliphatic rings. The van der Waals surface area contributed by atoms with Crippen molar-refractivity contribution in [3.63, 3.8) is 0 Å². The molecule has 0 spiro atoms. The quantitative estimate of drug-likeness (QED) is 0.751. The summed E-state index contributed by atoms with van der Waals surface area (Å²) in [6.07, 6.45) is 0.541. The second kappa shape index (κ2) is 4.45. The van der Waals surface area contributed by atoms with Gasteiger partial charge in [-0.1, -0.05) is 27.7 Å². The normalized spacial score (nSPS) is 15.4. The lowest BCUT2D eigenvalue weighted by Crippen LogP contribution is -2.41. The molecule has 0 aromatic rings. The molecule has 14 heavy (non-hydrogen) atoms. The van der Waals surface area contributed by atoms with Crippen LogP contribution in [0.4, 0.5) is 0 Å². The van der Waals surface area contributed by atoms with Crippen LogP contribution in [0, 0.1) is 22.2 Å². The van der Waals surface area contributed by atoms with Crippen molar-refractivity contribution >= 4 is 5.91 Å². The van der Waals surface area contributed by atoms with E-state index in [-0.39, 0.29) is 11.3 Å². The van der Waals surface area contributed by atoms with Gasteiger partial charge in [0.1, 0.15) is 5.41 Å². The molecule has 80 valence electrons. The van der Waals surface area contributed by atoms with Gasteiger partial charge in [0.25, 0.3) is 0 Å². The van der Waals surface area contributed by atoms with E-state index in [0.29, 0.717) is 13.0 Å². The molecule has 0 heterocycles. The van der Waals surface area contributed by atoms with Gasteiger partial charge in [0.15, 0.2) is 0 Å². The summed E-state index contributed by atoms with van der Waals surface area (Å²) >= 11 is 0. The molecule has 0 bridgehead atoms. The van der Waals surface area contributed by atoms with Gasteiger partial charge in [-0.3, -0.25) is 4.79 Å². The maximum Gasteiger partial charge on any atom is 0.240 e. The number of nitriles is 1. The van der Waals surface area contributed by atoms with Gasteiger partial charge in [-0.25, -0.2) is 0 Å². The first kappa shape index (κ1) is 13.0. The summed E-state index contributed by atoms with van der Waals surface area (Å²) in [4.78, 5) is 11.6. The molecule has 0 aliphatic heterocycles. The van der Waals surface area contributed by atoms with E-state index in [1.807, 2.05) is 27.7 Å². The van der Waals surface area contributed by atoms with Gasteiger partial charge in [0, 0.05) is 6.54 Å². The Hall–Kier alpha value is -1.04. The second-order valence-corrected chi connectivity index (χ2v) is 5.04. The van der Waals surface area contributed by atoms with Gasteiger partial charge in [-0.05, 0) is 18.8 Å². The summed E-state index contributed by atoms with van der Waals surface area (Å²) in [6, 6.07) is 2.05. The summed E-state index contributed by atoms with van der Waals surface area (Å²) < 4.78 is 0. The van der Waals surface area contributed by atoms with Crippen LogP contribution in [0.3, 0.4) is 0 Å². The van der Waals surface area contributed by atoms with E-state index in [1.165, 1.54) is 0 Å². The third-order valence-corrected chi connectivity index (χ3v) is 2.23. The Bertz CT molecular complexity index is 247. The summed E-state index contributed by atoms with van der Waals surface area (Å²) in [5.41, 5.74) is -0.828. The van der Waals surface area contributed by atoms with E-state index < -0.39 is 5.41 Å². The standard InChI is InChI=1S/C11H20N2O/c1-6-11(5,7-12)9(14)13-8-10(2,3)4/h6,8H2,1-5H3,(H,13,14). The summed E-state index contributed by atoms with van der Waals surface area (Å²) in [6.45, 7) is 10.3. The van der Waals surface area contributed by atoms with Gasteiger partial charge in [-0.15, -0.1) is 0 Å². The molecule has 3 nitrogen and oxygen atoms in total. The van der Waals surface area contributed by atoms with Crippen molar-refractivity contribution in [2.24, 2.45) is 10.8 Å². The molecular formula is C11H20N2O. The largest absolute Gasteiger partial charge is 0.354 e. The lowest BCUT2D eigenvalue weighted by atomic mass is 9.87. The van der Waals surface area contributed by atoms with Crippen molar-refractivity contribution in [1.82, 2.24) is 5.32 Å². The molecule has 0 aliphatic carbocycles. The zero-order valence-corrected chi connectivity index (χ0v) is 9.77. The van der Waals surface area contributed by atoms with E-state index in [9.17, 15) is 4.79 Å². The van der Waals surface area contributed by atoms with Crippen LogP contribution in [-0.4, -0.2) is 12.5 Å². The molecule has 1 N–H and O–H groups in total. The summed E-state index contributed by atoms with van der Waals surface area (Å²) in [5.74, 6) is -0.169. The van der Waals surface area contributed by atoms with Crippen LogP contribution in [0.5, 0.6) is 0 Å². The number of hydrogen-bond acceptors (Lipinski definition) is 2. The van der Waals surface area contributed by atoms with Gasteiger partial charge in [0.05, 0.1) is 6.07 Å². The molecule has 0 aromatic heterocycles. The van der Waals surface area contributed by atoms with Crippen molar-refractivity contribution in [1.29, 1.82) is 5.26 Å². The topological polar surface area (TPSA) is 52.9 Å². The first-order valence-corrected chi connectivity index (χ1v) is 4.95. The lowest BCUT2D eigenvalue weighted by Gasteiger charge is -2.23. The molecular weight excluding hydrogens is 176 g/mol. The summed E-state index contributed by atoms with van der Waals surface area (Å²) in [5, 5.41) is 11.7. The number of rotatable bonds is 3. The average molecular weight is 196 g/mol. The predicted molar refractivity (Wildman–Crippen MR) is 56.5 cm³/mol. The van der Waals surface area contributed by atoms with E-state index in [2.05, 4.69) is 11.4 Å². The lowest BCUT2D eigenvalue weighted by molar-refractivity contribution is -0.128. The van der Waals surface area contributed by atoms with E-state index in [1.54, 1.807) is 6.92 Å². The molecule has 1 atom stereocenters. The fraction of sp³-hybridized carbons (Fsp3) is 0.818. The highest BCUT2D eigenvalue weighted by Gasteiger charge is 2.31. The average Bonchev–Trinajstić information content (AvgIpc) is 2.11. The first-order chi connectivity index (χ1) is 6.25. The third-order valence-electron chi connectivity index (χ3n) is 2.23. The van der Waals surface area contributed by atoms with Crippen LogP contribution in [0.25, 0.3) is 0 Å². The Morgan fingerprint density at radius 3 is 2.14 bits per heavy atom. The van der Waals surface area contributed by atoms with Crippen molar-refractivity contribution < 1.29 is 4.79 Å². The molecule has 0 radical (unpaired) electrons. The maximum absolute atomic E-state index is 11.6. The van der Waals surface area contributed by atoms with Crippen molar-refractivity contribution in [2.45, 2.75) is 41.0 Å². The fourth-order valence-corrected chi connectivity index (χ4v) is 0.831. The van der Waals surface area contributed by atoms with Crippen LogP contribution >= 0.6 is 0 Å². The Morgan fingerprint density at radius 1 is 1.36 bits per heavy atom. The van der Waals surface area contributed by atoms with Crippen LogP contribution < -0.4 is 5.32 Å². The Kier molecular flexibility index (Phi) is 4.12. The van der Waals surface area contributed by atoms with Crippen molar-refractivity contribution in [3.05, 3.63) is 0 Å². The van der Waals surface area contributed by atoms with Crippen molar-refractivity contribution in [2.75, 3.05) is 6.54 Å². The highest BCUT2D eigenvalue weighted by Crippen LogP contribution is 2.20. The van der Waals surface area contributed by atoms with Crippen molar-refractivity contribution in [3.8, 4) is 6.07 Å².